The number of rotatable bonds is 7. The molecular weight excluding hydrogens is 302 g/mol. The minimum Gasteiger partial charge on any atom is -0.393 e. The Balaban J connectivity index is 1.55. The first-order valence-corrected chi connectivity index (χ1v) is 8.47. The molecule has 2 aromatic rings. The fraction of sp³-hybridized carbons (Fsp3) is 0.421. The number of nitrogens with one attached hydrogen (secondary N) is 1. The molecule has 2 aromatic heterocycles. The first kappa shape index (κ1) is 16.6. The highest BCUT2D eigenvalue weighted by molar-refractivity contribution is 5.76. The number of carbonyl (C=O) groups is 1. The maximum atomic E-state index is 12.3. The third kappa shape index (κ3) is 4.61. The number of amides is 1. The predicted octanol–water partition coefficient (Wildman–Crippen LogP) is 1.91. The lowest BCUT2D eigenvalue weighted by atomic mass is 9.75. The Morgan fingerprint density at radius 3 is 2.67 bits per heavy atom. The molecule has 1 atom stereocenters. The lowest BCUT2D eigenvalue weighted by Gasteiger charge is -2.38. The number of carbonyl (C=O) groups excluding carboxylic acids is 1. The minimum atomic E-state index is -0.222. The van der Waals surface area contributed by atoms with E-state index < -0.39 is 0 Å². The van der Waals surface area contributed by atoms with Crippen molar-refractivity contribution in [3.05, 3.63) is 60.2 Å². The van der Waals surface area contributed by atoms with Crippen molar-refractivity contribution in [3.63, 3.8) is 0 Å². The van der Waals surface area contributed by atoms with Gasteiger partial charge in [0, 0.05) is 36.7 Å². The van der Waals surface area contributed by atoms with E-state index in [1.807, 2.05) is 30.3 Å². The fourth-order valence-corrected chi connectivity index (χ4v) is 3.13. The van der Waals surface area contributed by atoms with E-state index in [4.69, 9.17) is 0 Å². The van der Waals surface area contributed by atoms with Crippen LogP contribution in [0.25, 0.3) is 0 Å². The molecule has 0 aromatic carbocycles. The lowest BCUT2D eigenvalue weighted by molar-refractivity contribution is -0.122. The van der Waals surface area contributed by atoms with Crippen molar-refractivity contribution in [2.45, 2.75) is 44.2 Å². The Kier molecular flexibility index (Phi) is 5.54. The molecule has 0 saturated heterocycles. The molecule has 2 N–H and O–H groups in total. The van der Waals surface area contributed by atoms with E-state index in [2.05, 4.69) is 15.3 Å². The third-order valence-electron chi connectivity index (χ3n) is 4.60. The van der Waals surface area contributed by atoms with E-state index in [-0.39, 0.29) is 18.1 Å². The molecule has 0 spiro atoms. The number of aliphatic hydroxyl groups excluding tert-OH is 1. The maximum Gasteiger partial charge on any atom is 0.220 e. The van der Waals surface area contributed by atoms with Crippen molar-refractivity contribution in [2.75, 3.05) is 0 Å². The van der Waals surface area contributed by atoms with Crippen LogP contribution < -0.4 is 5.32 Å². The summed E-state index contributed by atoms with van der Waals surface area (Å²) in [5.41, 5.74) is 2.08. The summed E-state index contributed by atoms with van der Waals surface area (Å²) in [6, 6.07) is 9.75. The van der Waals surface area contributed by atoms with Gasteiger partial charge in [-0.2, -0.15) is 0 Å². The van der Waals surface area contributed by atoms with E-state index >= 15 is 0 Å². The molecule has 126 valence electrons. The van der Waals surface area contributed by atoms with Crippen molar-refractivity contribution < 1.29 is 9.90 Å². The number of aromatic nitrogens is 2. The van der Waals surface area contributed by atoms with E-state index in [1.54, 1.807) is 18.6 Å². The summed E-state index contributed by atoms with van der Waals surface area (Å²) in [6.45, 7) is 0. The minimum absolute atomic E-state index is 0.0427. The van der Waals surface area contributed by atoms with Crippen LogP contribution in [-0.4, -0.2) is 33.1 Å². The first-order chi connectivity index (χ1) is 11.7. The lowest BCUT2D eigenvalue weighted by Crippen LogP contribution is -2.48. The highest BCUT2D eigenvalue weighted by Crippen LogP contribution is 2.31. The van der Waals surface area contributed by atoms with Gasteiger partial charge in [0.15, 0.2) is 0 Å². The zero-order chi connectivity index (χ0) is 16.8. The van der Waals surface area contributed by atoms with Crippen LogP contribution in [-0.2, 0) is 17.6 Å². The maximum absolute atomic E-state index is 12.3. The van der Waals surface area contributed by atoms with Crippen LogP contribution >= 0.6 is 0 Å². The molecule has 0 radical (unpaired) electrons. The molecule has 1 saturated carbocycles. The third-order valence-corrected chi connectivity index (χ3v) is 4.60. The normalized spacial score (nSPS) is 20.9. The molecule has 1 amide bonds. The van der Waals surface area contributed by atoms with Crippen molar-refractivity contribution in [1.82, 2.24) is 15.3 Å². The van der Waals surface area contributed by atoms with E-state index in [0.717, 1.165) is 30.5 Å². The molecule has 1 aliphatic rings. The van der Waals surface area contributed by atoms with Crippen LogP contribution in [0.15, 0.2) is 48.9 Å². The quantitative estimate of drug-likeness (QED) is 0.815. The second-order valence-electron chi connectivity index (χ2n) is 6.44. The second kappa shape index (κ2) is 8.02. The SMILES string of the molecule is O=C(CCc1ccccn1)N[C@H](Cc1ccncc1)C1CC(O)C1. The van der Waals surface area contributed by atoms with Gasteiger partial charge in [-0.1, -0.05) is 6.07 Å². The molecule has 0 aliphatic heterocycles. The number of pyridine rings is 2. The Bertz CT molecular complexity index is 642. The standard InChI is InChI=1S/C19H23N3O2/c23-17-12-15(13-17)18(11-14-6-9-20-10-7-14)22-19(24)5-4-16-3-1-2-8-21-16/h1-3,6-10,15,17-18,23H,4-5,11-13H2,(H,22,24)/t15?,17?,18-/m1/s1. The van der Waals surface area contributed by atoms with Crippen LogP contribution in [0.2, 0.25) is 0 Å². The zero-order valence-corrected chi connectivity index (χ0v) is 13.6. The van der Waals surface area contributed by atoms with Crippen LogP contribution in [0.5, 0.6) is 0 Å². The Morgan fingerprint density at radius 2 is 2.00 bits per heavy atom. The van der Waals surface area contributed by atoms with Gasteiger partial charge in [0.05, 0.1) is 6.10 Å². The van der Waals surface area contributed by atoms with Crippen molar-refractivity contribution >= 4 is 5.91 Å². The number of hydrogen-bond donors (Lipinski definition) is 2. The van der Waals surface area contributed by atoms with Crippen molar-refractivity contribution in [2.24, 2.45) is 5.92 Å². The van der Waals surface area contributed by atoms with Gasteiger partial charge in [0.25, 0.3) is 0 Å². The highest BCUT2D eigenvalue weighted by atomic mass is 16.3. The molecule has 1 fully saturated rings. The van der Waals surface area contributed by atoms with Crippen LogP contribution in [0.4, 0.5) is 0 Å². The number of nitrogens with zero attached hydrogens (tertiary/aromatic N) is 2. The molecule has 5 nitrogen and oxygen atoms in total. The summed E-state index contributed by atoms with van der Waals surface area (Å²) < 4.78 is 0. The molecule has 3 rings (SSSR count). The zero-order valence-electron chi connectivity index (χ0n) is 13.6. The second-order valence-corrected chi connectivity index (χ2v) is 6.44. The average Bonchev–Trinajstić information content (AvgIpc) is 2.58. The van der Waals surface area contributed by atoms with Gasteiger partial charge in [0.2, 0.25) is 5.91 Å². The topological polar surface area (TPSA) is 75.1 Å². The van der Waals surface area contributed by atoms with Gasteiger partial charge in [-0.05, 0) is 61.4 Å². The van der Waals surface area contributed by atoms with Gasteiger partial charge in [-0.25, -0.2) is 0 Å². The monoisotopic (exact) mass is 325 g/mol. The number of aryl methyl sites for hydroxylation is 1. The van der Waals surface area contributed by atoms with Crippen molar-refractivity contribution in [3.8, 4) is 0 Å². The van der Waals surface area contributed by atoms with Crippen LogP contribution in [0, 0.1) is 5.92 Å². The number of hydrogen-bond acceptors (Lipinski definition) is 4. The summed E-state index contributed by atoms with van der Waals surface area (Å²) in [5, 5.41) is 12.7. The number of aliphatic hydroxyl groups is 1. The van der Waals surface area contributed by atoms with Crippen LogP contribution in [0.3, 0.4) is 0 Å². The molecule has 0 bridgehead atoms. The summed E-state index contributed by atoms with van der Waals surface area (Å²) in [5.74, 6) is 0.382. The van der Waals surface area contributed by atoms with Gasteiger partial charge in [-0.15, -0.1) is 0 Å². The predicted molar refractivity (Wildman–Crippen MR) is 91.2 cm³/mol. The molecule has 24 heavy (non-hydrogen) atoms. The van der Waals surface area contributed by atoms with Gasteiger partial charge < -0.3 is 10.4 Å². The smallest absolute Gasteiger partial charge is 0.220 e. The first-order valence-electron chi connectivity index (χ1n) is 8.47. The summed E-state index contributed by atoms with van der Waals surface area (Å²) in [4.78, 5) is 20.6. The van der Waals surface area contributed by atoms with E-state index in [0.29, 0.717) is 18.8 Å². The molecule has 0 unspecified atom stereocenters. The van der Waals surface area contributed by atoms with Crippen LogP contribution in [0.1, 0.15) is 30.5 Å². The fourth-order valence-electron chi connectivity index (χ4n) is 3.13. The van der Waals surface area contributed by atoms with Crippen molar-refractivity contribution in [1.29, 1.82) is 0 Å². The Hall–Kier alpha value is -2.27. The average molecular weight is 325 g/mol. The molecule has 2 heterocycles. The summed E-state index contributed by atoms with van der Waals surface area (Å²) in [7, 11) is 0. The molecular formula is C19H23N3O2. The molecule has 5 heteroatoms. The Labute approximate surface area is 142 Å². The van der Waals surface area contributed by atoms with Gasteiger partial charge >= 0.3 is 0 Å². The molecule has 1 aliphatic carbocycles. The largest absolute Gasteiger partial charge is 0.393 e. The van der Waals surface area contributed by atoms with Gasteiger partial charge in [-0.3, -0.25) is 14.8 Å². The Morgan fingerprint density at radius 1 is 1.21 bits per heavy atom. The highest BCUT2D eigenvalue weighted by Gasteiger charge is 2.34. The van der Waals surface area contributed by atoms with Gasteiger partial charge in [0.1, 0.15) is 0 Å². The summed E-state index contributed by atoms with van der Waals surface area (Å²) >= 11 is 0. The van der Waals surface area contributed by atoms with E-state index in [1.165, 1.54) is 0 Å². The van der Waals surface area contributed by atoms with E-state index in [9.17, 15) is 9.90 Å². The summed E-state index contributed by atoms with van der Waals surface area (Å²) in [6.07, 6.45) is 8.42.